The highest BCUT2D eigenvalue weighted by Crippen LogP contribution is 2.22. The first-order valence-corrected chi connectivity index (χ1v) is 7.92. The topological polar surface area (TPSA) is 34.9 Å². The van der Waals surface area contributed by atoms with Crippen LogP contribution in [0.3, 0.4) is 0 Å². The molecule has 0 N–H and O–H groups in total. The van der Waals surface area contributed by atoms with Gasteiger partial charge < -0.3 is 0 Å². The molecular formula is C19H16ClFN2O. The van der Waals surface area contributed by atoms with Gasteiger partial charge in [0.2, 0.25) is 0 Å². The molecule has 0 spiro atoms. The van der Waals surface area contributed by atoms with E-state index < -0.39 is 5.82 Å². The van der Waals surface area contributed by atoms with E-state index in [1.807, 2.05) is 26.0 Å². The van der Waals surface area contributed by atoms with Gasteiger partial charge in [-0.25, -0.2) is 9.07 Å². The first kappa shape index (κ1) is 16.4. The van der Waals surface area contributed by atoms with Gasteiger partial charge in [-0.05, 0) is 37.6 Å². The lowest BCUT2D eigenvalue weighted by molar-refractivity contribution is 0.573. The van der Waals surface area contributed by atoms with Crippen LogP contribution in [0.15, 0.2) is 53.3 Å². The fraction of sp³-hybridized carbons (Fsp3) is 0.158. The van der Waals surface area contributed by atoms with E-state index in [2.05, 4.69) is 11.2 Å². The second-order valence-electron chi connectivity index (χ2n) is 5.73. The molecule has 3 rings (SSSR count). The van der Waals surface area contributed by atoms with Gasteiger partial charge in [0.05, 0.1) is 12.2 Å². The molecule has 5 heteroatoms. The molecule has 0 unspecified atom stereocenters. The molecule has 0 aliphatic rings. The van der Waals surface area contributed by atoms with E-state index in [1.165, 1.54) is 22.9 Å². The van der Waals surface area contributed by atoms with Crippen molar-refractivity contribution in [1.82, 2.24) is 9.78 Å². The summed E-state index contributed by atoms with van der Waals surface area (Å²) in [6.45, 7) is 4.00. The lowest BCUT2D eigenvalue weighted by Gasteiger charge is -2.11. The third-order valence-electron chi connectivity index (χ3n) is 3.89. The van der Waals surface area contributed by atoms with E-state index in [0.717, 1.165) is 16.7 Å². The Hall–Kier alpha value is -2.46. The molecule has 0 saturated heterocycles. The average Bonchev–Trinajstić information content (AvgIpc) is 2.53. The van der Waals surface area contributed by atoms with Gasteiger partial charge in [0.1, 0.15) is 5.82 Å². The van der Waals surface area contributed by atoms with Crippen LogP contribution < -0.4 is 5.56 Å². The average molecular weight is 343 g/mol. The minimum absolute atomic E-state index is 0.0108. The summed E-state index contributed by atoms with van der Waals surface area (Å²) in [5.74, 6) is -0.451. The molecule has 0 aliphatic heterocycles. The number of benzene rings is 2. The zero-order valence-electron chi connectivity index (χ0n) is 13.4. The molecule has 1 aromatic heterocycles. The summed E-state index contributed by atoms with van der Waals surface area (Å²) in [7, 11) is 0. The largest absolute Gasteiger partial charge is 0.268 e. The minimum atomic E-state index is -0.451. The van der Waals surface area contributed by atoms with Gasteiger partial charge in [-0.15, -0.1) is 0 Å². The van der Waals surface area contributed by atoms with Crippen molar-refractivity contribution in [2.24, 2.45) is 0 Å². The van der Waals surface area contributed by atoms with Gasteiger partial charge in [0, 0.05) is 22.2 Å². The van der Waals surface area contributed by atoms with Crippen molar-refractivity contribution in [2.75, 3.05) is 0 Å². The van der Waals surface area contributed by atoms with Crippen molar-refractivity contribution in [3.8, 4) is 11.3 Å². The SMILES string of the molecule is Cc1ccc(-c2ccc(=O)n(Cc3c(F)cccc3Cl)n2)c(C)c1. The number of aryl methyl sites for hydroxylation is 2. The maximum atomic E-state index is 14.0. The standard InChI is InChI=1S/C19H16ClFN2O/c1-12-6-7-14(13(2)10-12)18-8-9-19(24)23(22-18)11-15-16(20)4-3-5-17(15)21/h3-10H,11H2,1-2H3. The minimum Gasteiger partial charge on any atom is -0.268 e. The van der Waals surface area contributed by atoms with Crippen molar-refractivity contribution in [3.05, 3.63) is 86.4 Å². The molecule has 24 heavy (non-hydrogen) atoms. The molecule has 0 atom stereocenters. The van der Waals surface area contributed by atoms with E-state index >= 15 is 0 Å². The van der Waals surface area contributed by atoms with Crippen LogP contribution in [-0.2, 0) is 6.54 Å². The number of rotatable bonds is 3. The van der Waals surface area contributed by atoms with Gasteiger partial charge in [0.25, 0.3) is 5.56 Å². The van der Waals surface area contributed by atoms with Crippen LogP contribution >= 0.6 is 11.6 Å². The van der Waals surface area contributed by atoms with Crippen LogP contribution in [-0.4, -0.2) is 9.78 Å². The highest BCUT2D eigenvalue weighted by atomic mass is 35.5. The van der Waals surface area contributed by atoms with Gasteiger partial charge in [-0.1, -0.05) is 41.4 Å². The predicted octanol–water partition coefficient (Wildman–Crippen LogP) is 4.37. The van der Waals surface area contributed by atoms with E-state index in [1.54, 1.807) is 12.1 Å². The Morgan fingerprint density at radius 1 is 1.12 bits per heavy atom. The van der Waals surface area contributed by atoms with Gasteiger partial charge in [0.15, 0.2) is 0 Å². The number of halogens is 2. The highest BCUT2D eigenvalue weighted by Gasteiger charge is 2.11. The zero-order valence-corrected chi connectivity index (χ0v) is 14.1. The number of nitrogens with zero attached hydrogens (tertiary/aromatic N) is 2. The second-order valence-corrected chi connectivity index (χ2v) is 6.14. The lowest BCUT2D eigenvalue weighted by Crippen LogP contribution is -2.23. The van der Waals surface area contributed by atoms with E-state index in [9.17, 15) is 9.18 Å². The molecule has 0 fully saturated rings. The van der Waals surface area contributed by atoms with Crippen molar-refractivity contribution < 1.29 is 4.39 Å². The predicted molar refractivity (Wildman–Crippen MR) is 93.9 cm³/mol. The molecule has 0 saturated carbocycles. The first-order chi connectivity index (χ1) is 11.5. The van der Waals surface area contributed by atoms with E-state index in [4.69, 9.17) is 11.6 Å². The zero-order chi connectivity index (χ0) is 17.3. The summed E-state index contributed by atoms with van der Waals surface area (Å²) < 4.78 is 15.2. The van der Waals surface area contributed by atoms with Crippen LogP contribution in [0.4, 0.5) is 4.39 Å². The number of hydrogen-bond donors (Lipinski definition) is 0. The van der Waals surface area contributed by atoms with Crippen LogP contribution in [0, 0.1) is 19.7 Å². The molecule has 122 valence electrons. The maximum Gasteiger partial charge on any atom is 0.267 e. The molecule has 0 bridgehead atoms. The smallest absolute Gasteiger partial charge is 0.267 e. The van der Waals surface area contributed by atoms with Crippen LogP contribution in [0.25, 0.3) is 11.3 Å². The fourth-order valence-corrected chi connectivity index (χ4v) is 2.86. The molecule has 1 heterocycles. The first-order valence-electron chi connectivity index (χ1n) is 7.54. The lowest BCUT2D eigenvalue weighted by atomic mass is 10.0. The second kappa shape index (κ2) is 6.57. The van der Waals surface area contributed by atoms with Gasteiger partial charge in [-0.2, -0.15) is 5.10 Å². The summed E-state index contributed by atoms with van der Waals surface area (Å²) in [5.41, 5.74) is 3.78. The third kappa shape index (κ3) is 3.24. The van der Waals surface area contributed by atoms with E-state index in [-0.39, 0.29) is 22.7 Å². The van der Waals surface area contributed by atoms with E-state index in [0.29, 0.717) is 5.69 Å². The van der Waals surface area contributed by atoms with Crippen LogP contribution in [0.5, 0.6) is 0 Å². The number of aromatic nitrogens is 2. The Balaban J connectivity index is 2.05. The Kier molecular flexibility index (Phi) is 4.49. The molecule has 3 nitrogen and oxygen atoms in total. The third-order valence-corrected chi connectivity index (χ3v) is 4.25. The molecule has 0 amide bonds. The normalized spacial score (nSPS) is 10.8. The number of hydrogen-bond acceptors (Lipinski definition) is 2. The summed E-state index contributed by atoms with van der Waals surface area (Å²) in [6, 6.07) is 13.6. The Morgan fingerprint density at radius 2 is 1.92 bits per heavy atom. The summed E-state index contributed by atoms with van der Waals surface area (Å²) >= 11 is 6.05. The molecule has 0 aliphatic carbocycles. The molecule has 0 radical (unpaired) electrons. The summed E-state index contributed by atoms with van der Waals surface area (Å²) in [6.07, 6.45) is 0. The highest BCUT2D eigenvalue weighted by molar-refractivity contribution is 6.31. The summed E-state index contributed by atoms with van der Waals surface area (Å²) in [5, 5.41) is 4.67. The fourth-order valence-electron chi connectivity index (χ4n) is 2.64. The Morgan fingerprint density at radius 3 is 2.62 bits per heavy atom. The van der Waals surface area contributed by atoms with Crippen LogP contribution in [0.2, 0.25) is 5.02 Å². The van der Waals surface area contributed by atoms with Gasteiger partial charge in [-0.3, -0.25) is 4.79 Å². The Bertz CT molecular complexity index is 946. The molecular weight excluding hydrogens is 327 g/mol. The van der Waals surface area contributed by atoms with Crippen molar-refractivity contribution in [1.29, 1.82) is 0 Å². The maximum absolute atomic E-state index is 14.0. The molecule has 3 aromatic rings. The quantitative estimate of drug-likeness (QED) is 0.708. The van der Waals surface area contributed by atoms with Crippen molar-refractivity contribution in [2.45, 2.75) is 20.4 Å². The molecule has 2 aromatic carbocycles. The Labute approximate surface area is 144 Å². The van der Waals surface area contributed by atoms with Crippen molar-refractivity contribution >= 4 is 11.6 Å². The summed E-state index contributed by atoms with van der Waals surface area (Å²) in [4.78, 5) is 12.1. The van der Waals surface area contributed by atoms with Gasteiger partial charge >= 0.3 is 0 Å². The monoisotopic (exact) mass is 342 g/mol. The van der Waals surface area contributed by atoms with Crippen molar-refractivity contribution in [3.63, 3.8) is 0 Å². The van der Waals surface area contributed by atoms with Crippen LogP contribution in [0.1, 0.15) is 16.7 Å².